The molecular weight excluding hydrogens is 428 g/mol. The molecule has 0 spiro atoms. The van der Waals surface area contributed by atoms with Crippen molar-refractivity contribution < 1.29 is 55.1 Å². The Bertz CT molecular complexity index is 1040. The van der Waals surface area contributed by atoms with Gasteiger partial charge in [0.15, 0.2) is 11.4 Å². The summed E-state index contributed by atoms with van der Waals surface area (Å²) in [5, 5.41) is 82.1. The lowest BCUT2D eigenvalue weighted by molar-refractivity contribution is -0.399. The number of phenols is 3. The minimum absolute atomic E-state index is 0.0129. The summed E-state index contributed by atoms with van der Waals surface area (Å²) in [4.78, 5) is 13.1. The van der Waals surface area contributed by atoms with E-state index >= 15 is 0 Å². The maximum atomic E-state index is 13.1. The maximum absolute atomic E-state index is 13.1. The molecule has 0 saturated carbocycles. The van der Waals surface area contributed by atoms with Crippen molar-refractivity contribution in [3.05, 3.63) is 47.5 Å². The number of ketones is 1. The molecule has 11 heteroatoms. The highest BCUT2D eigenvalue weighted by molar-refractivity contribution is 6.03. The number of carbonyl (C=O) groups is 1. The summed E-state index contributed by atoms with van der Waals surface area (Å²) in [6.07, 6.45) is -8.29. The number of ether oxygens (including phenoxy) is 2. The molecule has 0 radical (unpaired) electrons. The summed E-state index contributed by atoms with van der Waals surface area (Å²) >= 11 is 0. The molecular formula is C21H22O11. The molecule has 8 N–H and O–H groups in total. The first-order chi connectivity index (χ1) is 15.0. The molecule has 2 unspecified atom stereocenters. The average molecular weight is 450 g/mol. The Kier molecular flexibility index (Phi) is 5.28. The highest BCUT2D eigenvalue weighted by Gasteiger charge is 2.67. The van der Waals surface area contributed by atoms with Crippen LogP contribution in [-0.4, -0.2) is 83.4 Å². The van der Waals surface area contributed by atoms with Gasteiger partial charge in [-0.2, -0.15) is 0 Å². The summed E-state index contributed by atoms with van der Waals surface area (Å²) in [7, 11) is 0. The minimum atomic E-state index is -2.91. The molecule has 0 bridgehead atoms. The molecule has 2 aliphatic heterocycles. The van der Waals surface area contributed by atoms with Crippen molar-refractivity contribution in [1.29, 1.82) is 0 Å². The van der Waals surface area contributed by atoms with E-state index in [9.17, 15) is 45.6 Å². The maximum Gasteiger partial charge on any atom is 0.241 e. The van der Waals surface area contributed by atoms with Crippen molar-refractivity contribution in [3.8, 4) is 23.0 Å². The monoisotopic (exact) mass is 450 g/mol. The number of hydrogen-bond donors (Lipinski definition) is 8. The van der Waals surface area contributed by atoms with Crippen LogP contribution in [0.25, 0.3) is 0 Å². The van der Waals surface area contributed by atoms with E-state index in [4.69, 9.17) is 9.47 Å². The molecule has 2 aromatic carbocycles. The third-order valence-electron chi connectivity index (χ3n) is 5.92. The number of aliphatic hydroxyl groups excluding tert-OH is 4. The highest BCUT2D eigenvalue weighted by atomic mass is 16.7. The molecule has 0 amide bonds. The number of Topliss-reactive ketones (excluding diaryl/α,β-unsaturated/α-hetero) is 1. The van der Waals surface area contributed by atoms with Crippen molar-refractivity contribution in [2.24, 2.45) is 0 Å². The topological polar surface area (TPSA) is 197 Å². The van der Waals surface area contributed by atoms with Gasteiger partial charge < -0.3 is 50.3 Å². The minimum Gasteiger partial charge on any atom is -0.508 e. The predicted octanol–water partition coefficient (Wildman–Crippen LogP) is -1.17. The van der Waals surface area contributed by atoms with E-state index < -0.39 is 66.1 Å². The van der Waals surface area contributed by atoms with Crippen LogP contribution in [-0.2, 0) is 10.3 Å². The lowest BCUT2D eigenvalue weighted by atomic mass is 9.72. The van der Waals surface area contributed by atoms with Gasteiger partial charge in [-0.1, -0.05) is 12.1 Å². The lowest BCUT2D eigenvalue weighted by Crippen LogP contribution is -2.74. The lowest BCUT2D eigenvalue weighted by Gasteiger charge is -2.55. The van der Waals surface area contributed by atoms with Crippen LogP contribution in [0, 0.1) is 0 Å². The van der Waals surface area contributed by atoms with E-state index in [1.165, 1.54) is 24.3 Å². The fourth-order valence-corrected chi connectivity index (χ4v) is 4.27. The van der Waals surface area contributed by atoms with Crippen molar-refractivity contribution >= 4 is 5.78 Å². The molecule has 1 saturated heterocycles. The zero-order chi connectivity index (χ0) is 23.4. The Balaban J connectivity index is 1.96. The Labute approximate surface area is 181 Å². The number of phenolic OH excluding ortho intramolecular Hbond substituents is 3. The van der Waals surface area contributed by atoms with Gasteiger partial charge in [0.05, 0.1) is 13.0 Å². The Morgan fingerprint density at radius 2 is 1.62 bits per heavy atom. The molecule has 6 atom stereocenters. The van der Waals surface area contributed by atoms with E-state index in [1.807, 2.05) is 0 Å². The number of aromatic hydroxyl groups is 3. The van der Waals surface area contributed by atoms with Crippen molar-refractivity contribution in [3.63, 3.8) is 0 Å². The SMILES string of the molecule is O=C1CC(c2ccc(O)cc2)(C2(O)O[C@H](CO)[C@@H](O)[C@H](O)[C@H]2O)Oc2cc(O)cc(O)c21. The third-order valence-corrected chi connectivity index (χ3v) is 5.92. The van der Waals surface area contributed by atoms with Gasteiger partial charge in [0.2, 0.25) is 5.79 Å². The van der Waals surface area contributed by atoms with Crippen LogP contribution in [0.15, 0.2) is 36.4 Å². The fourth-order valence-electron chi connectivity index (χ4n) is 4.27. The second-order valence-corrected chi connectivity index (χ2v) is 7.88. The van der Waals surface area contributed by atoms with Crippen LogP contribution in [0.1, 0.15) is 22.3 Å². The van der Waals surface area contributed by atoms with Crippen LogP contribution < -0.4 is 4.74 Å². The molecule has 32 heavy (non-hydrogen) atoms. The van der Waals surface area contributed by atoms with Crippen LogP contribution in [0.3, 0.4) is 0 Å². The summed E-state index contributed by atoms with van der Waals surface area (Å²) in [5.41, 5.74) is -2.57. The fraction of sp³-hybridized carbons (Fsp3) is 0.381. The normalized spacial score (nSPS) is 34.6. The largest absolute Gasteiger partial charge is 0.508 e. The number of fused-ring (bicyclic) bond motifs is 1. The Morgan fingerprint density at radius 1 is 0.969 bits per heavy atom. The molecule has 172 valence electrons. The van der Waals surface area contributed by atoms with Crippen molar-refractivity contribution in [2.75, 3.05) is 6.61 Å². The molecule has 2 aromatic rings. The van der Waals surface area contributed by atoms with Crippen molar-refractivity contribution in [1.82, 2.24) is 0 Å². The van der Waals surface area contributed by atoms with Gasteiger partial charge in [0.1, 0.15) is 53.0 Å². The quantitative estimate of drug-likeness (QED) is 0.280. The number of benzene rings is 2. The number of carbonyl (C=O) groups excluding carboxylic acids is 1. The van der Waals surface area contributed by atoms with Gasteiger partial charge in [0.25, 0.3) is 0 Å². The van der Waals surface area contributed by atoms with Gasteiger partial charge >= 0.3 is 0 Å². The first-order valence-electron chi connectivity index (χ1n) is 9.67. The number of hydrogen-bond acceptors (Lipinski definition) is 11. The van der Waals surface area contributed by atoms with Crippen LogP contribution >= 0.6 is 0 Å². The van der Waals surface area contributed by atoms with Crippen molar-refractivity contribution in [2.45, 2.75) is 42.2 Å². The molecule has 0 aliphatic carbocycles. The van der Waals surface area contributed by atoms with Crippen LogP contribution in [0.4, 0.5) is 0 Å². The van der Waals surface area contributed by atoms with Gasteiger partial charge in [-0.15, -0.1) is 0 Å². The third kappa shape index (κ3) is 3.10. The predicted molar refractivity (Wildman–Crippen MR) is 104 cm³/mol. The summed E-state index contributed by atoms with van der Waals surface area (Å²) in [6.45, 7) is -0.856. The van der Waals surface area contributed by atoms with Crippen LogP contribution in [0.5, 0.6) is 23.0 Å². The first kappa shape index (κ1) is 22.3. The smallest absolute Gasteiger partial charge is 0.241 e. The molecule has 1 fully saturated rings. The molecule has 0 aromatic heterocycles. The highest BCUT2D eigenvalue weighted by Crippen LogP contribution is 2.52. The molecule has 11 nitrogen and oxygen atoms in total. The van der Waals surface area contributed by atoms with E-state index in [0.717, 1.165) is 12.1 Å². The summed E-state index contributed by atoms with van der Waals surface area (Å²) < 4.78 is 11.4. The molecule has 2 heterocycles. The van der Waals surface area contributed by atoms with E-state index in [2.05, 4.69) is 0 Å². The van der Waals surface area contributed by atoms with E-state index in [1.54, 1.807) is 0 Å². The van der Waals surface area contributed by atoms with E-state index in [-0.39, 0.29) is 22.6 Å². The summed E-state index contributed by atoms with van der Waals surface area (Å²) in [5.74, 6) is -5.23. The van der Waals surface area contributed by atoms with Gasteiger partial charge in [-0.25, -0.2) is 0 Å². The Hall–Kier alpha value is -2.93. The second-order valence-electron chi connectivity index (χ2n) is 7.88. The van der Waals surface area contributed by atoms with Gasteiger partial charge in [-0.3, -0.25) is 4.79 Å². The molecule has 2 aliphatic rings. The average Bonchev–Trinajstić information content (AvgIpc) is 2.74. The zero-order valence-corrected chi connectivity index (χ0v) is 16.5. The second kappa shape index (κ2) is 7.59. The molecule has 4 rings (SSSR count). The Morgan fingerprint density at radius 3 is 2.25 bits per heavy atom. The van der Waals surface area contributed by atoms with E-state index in [0.29, 0.717) is 0 Å². The first-order valence-corrected chi connectivity index (χ1v) is 9.67. The number of rotatable bonds is 3. The van der Waals surface area contributed by atoms with Crippen LogP contribution in [0.2, 0.25) is 0 Å². The summed E-state index contributed by atoms with van der Waals surface area (Å²) in [6, 6.07) is 6.91. The van der Waals surface area contributed by atoms with Gasteiger partial charge in [-0.05, 0) is 12.1 Å². The number of aliphatic hydroxyl groups is 5. The van der Waals surface area contributed by atoms with Gasteiger partial charge in [0, 0.05) is 17.7 Å². The standard InChI is InChI=1S/C21H22O11/c22-8-15-17(27)18(28)19(29)21(30,32-15)20(9-1-3-10(23)4-2-9)7-13(26)16-12(25)5-11(24)6-14(16)31-20/h1-6,15,17-19,22-25,27-30H,7-8H2/t15-,17-,18+,19-,20?,21?/m1/s1. The zero-order valence-electron chi connectivity index (χ0n) is 16.5.